The van der Waals surface area contributed by atoms with Gasteiger partial charge in [0.05, 0.1) is 26.3 Å². The summed E-state index contributed by atoms with van der Waals surface area (Å²) in [6, 6.07) is 25.8. The van der Waals surface area contributed by atoms with Crippen LogP contribution in [0.1, 0.15) is 11.1 Å². The lowest BCUT2D eigenvalue weighted by molar-refractivity contribution is 0.332. The number of ether oxygens (including phenoxy) is 3. The van der Waals surface area contributed by atoms with Crippen LogP contribution in [0.25, 0.3) is 21.9 Å². The van der Waals surface area contributed by atoms with E-state index >= 15 is 0 Å². The van der Waals surface area contributed by atoms with Gasteiger partial charge in [0.15, 0.2) is 11.5 Å². The first-order valence-electron chi connectivity index (χ1n) is 12.1. The quantitative estimate of drug-likeness (QED) is 0.214. The monoisotopic (exact) mass is 522 g/mol. The number of hydrogen-bond acceptors (Lipinski definition) is 7. The molecule has 0 unspecified atom stereocenters. The molecule has 0 atom stereocenters. The van der Waals surface area contributed by atoms with Crippen LogP contribution >= 0.6 is 0 Å². The minimum Gasteiger partial charge on any atom is -0.504 e. The molecule has 0 bridgehead atoms. The van der Waals surface area contributed by atoms with Gasteiger partial charge in [0, 0.05) is 17.0 Å². The van der Waals surface area contributed by atoms with Crippen molar-refractivity contribution in [1.82, 2.24) is 4.98 Å². The summed E-state index contributed by atoms with van der Waals surface area (Å²) in [5.41, 5.74) is 2.43. The maximum atomic E-state index is 12.6. The van der Waals surface area contributed by atoms with Gasteiger partial charge < -0.3 is 24.4 Å². The van der Waals surface area contributed by atoms with E-state index in [-0.39, 0.29) is 23.9 Å². The molecule has 0 saturated heterocycles. The van der Waals surface area contributed by atoms with Crippen molar-refractivity contribution in [1.29, 1.82) is 0 Å². The molecule has 0 radical (unpaired) electrons. The lowest BCUT2D eigenvalue weighted by atomic mass is 9.99. The highest BCUT2D eigenvalue weighted by molar-refractivity contribution is 6.02. The number of nitrogens with zero attached hydrogens (tertiary/aromatic N) is 1. The lowest BCUT2D eigenvalue weighted by Gasteiger charge is -2.11. The molecule has 0 aliphatic rings. The van der Waals surface area contributed by atoms with Crippen LogP contribution in [0, 0.1) is 0 Å². The summed E-state index contributed by atoms with van der Waals surface area (Å²) in [5, 5.41) is 21.8. The van der Waals surface area contributed by atoms with E-state index in [9.17, 15) is 15.0 Å². The smallest absolute Gasteiger partial charge is 0.258 e. The van der Waals surface area contributed by atoms with E-state index in [4.69, 9.17) is 14.2 Å². The number of hydrogen-bond donors (Lipinski definition) is 3. The molecular formula is C31H26N2O6. The number of pyridine rings is 1. The van der Waals surface area contributed by atoms with Gasteiger partial charge in [-0.05, 0) is 65.2 Å². The van der Waals surface area contributed by atoms with Crippen LogP contribution in [0.5, 0.6) is 34.6 Å². The Hall–Kier alpha value is -5.24. The minimum absolute atomic E-state index is 0.0655. The summed E-state index contributed by atoms with van der Waals surface area (Å²) < 4.78 is 16.3. The molecule has 1 aromatic heterocycles. The number of phenolic OH excluding ortho intramolecular Hbond substituents is 1. The van der Waals surface area contributed by atoms with Crippen LogP contribution in [-0.4, -0.2) is 35.6 Å². The Labute approximate surface area is 224 Å². The summed E-state index contributed by atoms with van der Waals surface area (Å²) >= 11 is 0. The van der Waals surface area contributed by atoms with Crippen LogP contribution in [0.4, 0.5) is 0 Å². The topological polar surface area (TPSA) is 113 Å². The third-order valence-electron chi connectivity index (χ3n) is 6.22. The van der Waals surface area contributed by atoms with Crippen molar-refractivity contribution in [3.63, 3.8) is 0 Å². The summed E-state index contributed by atoms with van der Waals surface area (Å²) in [5.74, 6) is 1.72. The number of benzene rings is 4. The molecule has 1 heterocycles. The number of aromatic nitrogens is 1. The van der Waals surface area contributed by atoms with Gasteiger partial charge >= 0.3 is 0 Å². The molecule has 39 heavy (non-hydrogen) atoms. The highest BCUT2D eigenvalue weighted by atomic mass is 16.5. The fraction of sp³-hybridized carbons (Fsp3) is 0.0968. The van der Waals surface area contributed by atoms with Gasteiger partial charge in [-0.3, -0.25) is 14.8 Å². The second kappa shape index (κ2) is 11.0. The fourth-order valence-electron chi connectivity index (χ4n) is 4.32. The van der Waals surface area contributed by atoms with Gasteiger partial charge in [-0.15, -0.1) is 0 Å². The maximum absolute atomic E-state index is 12.6. The van der Waals surface area contributed by atoms with E-state index in [1.54, 1.807) is 12.1 Å². The van der Waals surface area contributed by atoms with Crippen molar-refractivity contribution in [2.24, 2.45) is 4.99 Å². The van der Waals surface area contributed by atoms with Gasteiger partial charge in [-0.25, -0.2) is 0 Å². The number of H-pyrrole nitrogens is 1. The van der Waals surface area contributed by atoms with Gasteiger partial charge in [0.1, 0.15) is 11.5 Å². The van der Waals surface area contributed by atoms with Gasteiger partial charge in [0.2, 0.25) is 11.6 Å². The zero-order valence-electron chi connectivity index (χ0n) is 21.3. The molecule has 8 nitrogen and oxygen atoms in total. The Kier molecular flexibility index (Phi) is 7.18. The number of para-hydroxylation sites is 1. The van der Waals surface area contributed by atoms with Gasteiger partial charge in [-0.2, -0.15) is 0 Å². The van der Waals surface area contributed by atoms with Crippen LogP contribution < -0.4 is 19.8 Å². The SMILES string of the molecule is COc1cc(CN=Cc2c(O)[nH]c(=O)c3ccc(-c4ccc(Oc5ccccc5)cc4)cc23)cc(O)c1OC. The average molecular weight is 523 g/mol. The molecule has 196 valence electrons. The van der Waals surface area contributed by atoms with E-state index in [1.807, 2.05) is 66.7 Å². The second-order valence-corrected chi connectivity index (χ2v) is 8.74. The van der Waals surface area contributed by atoms with Crippen molar-refractivity contribution >= 4 is 17.0 Å². The molecule has 5 aromatic rings. The molecule has 0 saturated carbocycles. The summed E-state index contributed by atoms with van der Waals surface area (Å²) in [4.78, 5) is 19.5. The zero-order chi connectivity index (χ0) is 27.4. The normalized spacial score (nSPS) is 11.1. The van der Waals surface area contributed by atoms with Crippen molar-refractivity contribution in [2.75, 3.05) is 14.2 Å². The first-order valence-corrected chi connectivity index (χ1v) is 12.1. The summed E-state index contributed by atoms with van der Waals surface area (Å²) in [7, 11) is 2.93. The molecule has 0 amide bonds. The Morgan fingerprint density at radius 3 is 2.26 bits per heavy atom. The Morgan fingerprint density at radius 1 is 0.821 bits per heavy atom. The third kappa shape index (κ3) is 5.40. The second-order valence-electron chi connectivity index (χ2n) is 8.74. The number of fused-ring (bicyclic) bond motifs is 1. The molecule has 0 aliphatic heterocycles. The van der Waals surface area contributed by atoms with E-state index in [1.165, 1.54) is 26.5 Å². The predicted molar refractivity (Wildman–Crippen MR) is 151 cm³/mol. The third-order valence-corrected chi connectivity index (χ3v) is 6.22. The number of aromatic hydroxyl groups is 2. The fourth-order valence-corrected chi connectivity index (χ4v) is 4.32. The van der Waals surface area contributed by atoms with E-state index in [0.717, 1.165) is 16.9 Å². The standard InChI is InChI=1S/C31H26N2O6/c1-37-28-15-19(14-27(34)29(28)38-2)17-32-18-26-25-16-21(10-13-24(25)30(35)33-31(26)36)20-8-11-23(12-9-20)39-22-6-4-3-5-7-22/h3-16,18,34H,17H2,1-2H3,(H2,33,35,36). The molecule has 5 rings (SSSR count). The van der Waals surface area contributed by atoms with Crippen molar-refractivity contribution < 1.29 is 24.4 Å². The lowest BCUT2D eigenvalue weighted by Crippen LogP contribution is -2.08. The van der Waals surface area contributed by atoms with Gasteiger partial charge in [0.25, 0.3) is 5.56 Å². The largest absolute Gasteiger partial charge is 0.504 e. The number of nitrogens with one attached hydrogen (secondary N) is 1. The number of aliphatic imine (C=N–C) groups is 1. The highest BCUT2D eigenvalue weighted by Gasteiger charge is 2.13. The van der Waals surface area contributed by atoms with E-state index in [2.05, 4.69) is 9.98 Å². The van der Waals surface area contributed by atoms with Crippen LogP contribution in [0.15, 0.2) is 94.7 Å². The Balaban J connectivity index is 1.45. The van der Waals surface area contributed by atoms with Crippen molar-refractivity contribution in [3.05, 3.63) is 106 Å². The van der Waals surface area contributed by atoms with Crippen molar-refractivity contribution in [2.45, 2.75) is 6.54 Å². The predicted octanol–water partition coefficient (Wildman–Crippen LogP) is 6.03. The number of aromatic amines is 1. The molecule has 4 aromatic carbocycles. The molecule has 0 fully saturated rings. The molecular weight excluding hydrogens is 496 g/mol. The number of methoxy groups -OCH3 is 2. The van der Waals surface area contributed by atoms with Crippen molar-refractivity contribution in [3.8, 4) is 45.8 Å². The number of phenols is 1. The minimum atomic E-state index is -0.400. The first-order chi connectivity index (χ1) is 19.0. The van der Waals surface area contributed by atoms with Crippen LogP contribution in [0.2, 0.25) is 0 Å². The summed E-state index contributed by atoms with van der Waals surface area (Å²) in [6.45, 7) is 0.191. The zero-order valence-corrected chi connectivity index (χ0v) is 21.3. The molecule has 0 spiro atoms. The highest BCUT2D eigenvalue weighted by Crippen LogP contribution is 2.37. The van der Waals surface area contributed by atoms with Crippen LogP contribution in [-0.2, 0) is 6.54 Å². The van der Waals surface area contributed by atoms with E-state index < -0.39 is 5.56 Å². The van der Waals surface area contributed by atoms with Gasteiger partial charge in [-0.1, -0.05) is 36.4 Å². The first kappa shape index (κ1) is 25.4. The average Bonchev–Trinajstić information content (AvgIpc) is 2.95. The van der Waals surface area contributed by atoms with E-state index in [0.29, 0.717) is 33.4 Å². The Morgan fingerprint density at radius 2 is 1.54 bits per heavy atom. The summed E-state index contributed by atoms with van der Waals surface area (Å²) in [6.07, 6.45) is 1.50. The Bertz CT molecular complexity index is 1710. The number of rotatable bonds is 8. The maximum Gasteiger partial charge on any atom is 0.258 e. The molecule has 0 aliphatic carbocycles. The molecule has 8 heteroatoms. The molecule has 3 N–H and O–H groups in total. The van der Waals surface area contributed by atoms with Crippen LogP contribution in [0.3, 0.4) is 0 Å².